The second-order valence-electron chi connectivity index (χ2n) is 7.38. The number of nitrogens with one attached hydrogen (secondary N) is 1. The maximum absolute atomic E-state index is 12.7. The average molecular weight is 430 g/mol. The topological polar surface area (TPSA) is 61.4 Å². The lowest BCUT2D eigenvalue weighted by atomic mass is 10.2. The standard InChI is InChI=1S/C23H35N5OS/c1-5-15-27(17-19-12-9-8-10-13-19)16-11-14-20(29)26-21-22(28(6-2)7-3)24-18(4)25-23(21)30/h8-10,12-13H,5-7,11,14-17H2,1-4H3,(H,26,29)(H,24,25,30). The molecule has 0 bridgehead atoms. The van der Waals surface area contributed by atoms with Crippen LogP contribution in [-0.4, -0.2) is 47.0 Å². The first-order chi connectivity index (χ1) is 14.5. The summed E-state index contributed by atoms with van der Waals surface area (Å²) in [6, 6.07) is 10.5. The number of carbonyl (C=O) groups excluding carboxylic acids is 1. The third-order valence-electron chi connectivity index (χ3n) is 4.98. The van der Waals surface area contributed by atoms with Gasteiger partial charge in [-0.1, -0.05) is 37.3 Å². The van der Waals surface area contributed by atoms with Gasteiger partial charge in [-0.3, -0.25) is 9.69 Å². The molecule has 1 aromatic carbocycles. The van der Waals surface area contributed by atoms with Crippen molar-refractivity contribution in [2.24, 2.45) is 0 Å². The molecule has 0 unspecified atom stereocenters. The minimum absolute atomic E-state index is 0.0256. The lowest BCUT2D eigenvalue weighted by Crippen LogP contribution is -2.27. The van der Waals surface area contributed by atoms with E-state index in [1.165, 1.54) is 5.56 Å². The minimum Gasteiger partial charge on any atom is -0.355 e. The van der Waals surface area contributed by atoms with Crippen LogP contribution in [0.2, 0.25) is 0 Å². The summed E-state index contributed by atoms with van der Waals surface area (Å²) in [5.41, 5.74) is 1.91. The van der Waals surface area contributed by atoms with Gasteiger partial charge in [0.15, 0.2) is 5.82 Å². The van der Waals surface area contributed by atoms with Crippen LogP contribution in [0.15, 0.2) is 35.4 Å². The van der Waals surface area contributed by atoms with Crippen LogP contribution in [0.5, 0.6) is 0 Å². The molecular formula is C23H35N5OS. The first kappa shape index (κ1) is 24.2. The molecule has 164 valence electrons. The summed E-state index contributed by atoms with van der Waals surface area (Å²) in [6.07, 6.45) is 2.34. The maximum Gasteiger partial charge on any atom is 0.224 e. The van der Waals surface area contributed by atoms with Gasteiger partial charge in [-0.2, -0.15) is 0 Å². The molecule has 0 aliphatic carbocycles. The van der Waals surface area contributed by atoms with Gasteiger partial charge < -0.3 is 10.2 Å². The van der Waals surface area contributed by atoms with E-state index in [2.05, 4.69) is 82.8 Å². The van der Waals surface area contributed by atoms with Crippen molar-refractivity contribution in [1.82, 2.24) is 14.9 Å². The zero-order valence-electron chi connectivity index (χ0n) is 18.7. The third-order valence-corrected chi connectivity index (χ3v) is 5.30. The molecule has 0 atom stereocenters. The Morgan fingerprint density at radius 3 is 2.40 bits per heavy atom. The average Bonchev–Trinajstić information content (AvgIpc) is 2.72. The molecule has 6 nitrogen and oxygen atoms in total. The smallest absolute Gasteiger partial charge is 0.224 e. The largest absolute Gasteiger partial charge is 0.355 e. The number of benzene rings is 1. The van der Waals surface area contributed by atoms with Crippen LogP contribution in [0.25, 0.3) is 0 Å². The maximum atomic E-state index is 12.7. The second kappa shape index (κ2) is 12.5. The Hall–Kier alpha value is -2.12. The van der Waals surface area contributed by atoms with Crippen molar-refractivity contribution >= 4 is 30.0 Å². The number of amides is 1. The normalized spacial score (nSPS) is 11.0. The van der Waals surface area contributed by atoms with E-state index in [0.29, 0.717) is 23.0 Å². The zero-order valence-corrected chi connectivity index (χ0v) is 19.6. The Morgan fingerprint density at radius 1 is 1.07 bits per heavy atom. The van der Waals surface area contributed by atoms with E-state index in [1.54, 1.807) is 0 Å². The van der Waals surface area contributed by atoms with Crippen molar-refractivity contribution in [2.45, 2.75) is 58.5 Å². The lowest BCUT2D eigenvalue weighted by molar-refractivity contribution is -0.116. The van der Waals surface area contributed by atoms with Crippen LogP contribution in [0.4, 0.5) is 11.5 Å². The Bertz CT molecular complexity index is 796. The van der Waals surface area contributed by atoms with Gasteiger partial charge in [-0.05, 0) is 52.3 Å². The molecule has 0 fully saturated rings. The second-order valence-corrected chi connectivity index (χ2v) is 7.80. The van der Waals surface area contributed by atoms with Gasteiger partial charge in [0.25, 0.3) is 0 Å². The van der Waals surface area contributed by atoms with Gasteiger partial charge in [-0.25, -0.2) is 9.97 Å². The zero-order chi connectivity index (χ0) is 21.9. The molecule has 0 spiro atoms. The van der Waals surface area contributed by atoms with Gasteiger partial charge >= 0.3 is 0 Å². The summed E-state index contributed by atoms with van der Waals surface area (Å²) in [4.78, 5) is 26.0. The molecular weight excluding hydrogens is 394 g/mol. The SMILES string of the molecule is CCCN(CCCC(=O)Nc1c(S)nc(C)nc1N(CC)CC)Cc1ccccc1. The number of nitrogens with zero attached hydrogens (tertiary/aromatic N) is 4. The highest BCUT2D eigenvalue weighted by atomic mass is 32.1. The highest BCUT2D eigenvalue weighted by molar-refractivity contribution is 7.80. The first-order valence-electron chi connectivity index (χ1n) is 10.9. The summed E-state index contributed by atoms with van der Waals surface area (Å²) in [5.74, 6) is 1.36. The van der Waals surface area contributed by atoms with Crippen LogP contribution in [0, 0.1) is 6.92 Å². The predicted octanol–water partition coefficient (Wildman–Crippen LogP) is 4.55. The van der Waals surface area contributed by atoms with E-state index < -0.39 is 0 Å². The van der Waals surface area contributed by atoms with Gasteiger partial charge in [0.05, 0.1) is 0 Å². The van der Waals surface area contributed by atoms with Crippen LogP contribution in [-0.2, 0) is 11.3 Å². The Labute approximate surface area is 186 Å². The molecule has 1 heterocycles. The molecule has 7 heteroatoms. The van der Waals surface area contributed by atoms with Crippen molar-refractivity contribution in [3.8, 4) is 0 Å². The van der Waals surface area contributed by atoms with Gasteiger partial charge in [0.2, 0.25) is 5.91 Å². The summed E-state index contributed by atoms with van der Waals surface area (Å²) < 4.78 is 0. The fourth-order valence-electron chi connectivity index (χ4n) is 3.50. The lowest BCUT2D eigenvalue weighted by Gasteiger charge is -2.24. The van der Waals surface area contributed by atoms with Gasteiger partial charge in [0.1, 0.15) is 16.5 Å². The fourth-order valence-corrected chi connectivity index (χ4v) is 3.80. The van der Waals surface area contributed by atoms with Crippen molar-refractivity contribution in [3.05, 3.63) is 41.7 Å². The number of aromatic nitrogens is 2. The molecule has 0 aliphatic rings. The van der Waals surface area contributed by atoms with E-state index in [9.17, 15) is 4.79 Å². The van der Waals surface area contributed by atoms with Crippen molar-refractivity contribution < 1.29 is 4.79 Å². The molecule has 1 amide bonds. The summed E-state index contributed by atoms with van der Waals surface area (Å²) in [5, 5.41) is 3.52. The van der Waals surface area contributed by atoms with Crippen molar-refractivity contribution in [2.75, 3.05) is 36.4 Å². The molecule has 2 aromatic rings. The fraction of sp³-hybridized carbons (Fsp3) is 0.522. The molecule has 2 rings (SSSR count). The Kier molecular flexibility index (Phi) is 10.1. The van der Waals surface area contributed by atoms with Crippen LogP contribution < -0.4 is 10.2 Å². The third kappa shape index (κ3) is 7.29. The molecule has 30 heavy (non-hydrogen) atoms. The minimum atomic E-state index is -0.0256. The van der Waals surface area contributed by atoms with E-state index >= 15 is 0 Å². The summed E-state index contributed by atoms with van der Waals surface area (Å²) in [6.45, 7) is 12.6. The quantitative estimate of drug-likeness (QED) is 0.383. The van der Waals surface area contributed by atoms with E-state index in [0.717, 1.165) is 51.4 Å². The number of carbonyl (C=O) groups is 1. The number of anilines is 2. The van der Waals surface area contributed by atoms with Crippen LogP contribution in [0.1, 0.15) is 51.4 Å². The molecule has 0 aliphatic heterocycles. The number of hydrogen-bond acceptors (Lipinski definition) is 6. The van der Waals surface area contributed by atoms with Gasteiger partial charge in [-0.15, -0.1) is 12.6 Å². The first-order valence-corrected chi connectivity index (χ1v) is 11.3. The summed E-state index contributed by atoms with van der Waals surface area (Å²) in [7, 11) is 0. The predicted molar refractivity (Wildman–Crippen MR) is 127 cm³/mol. The number of rotatable bonds is 12. The van der Waals surface area contributed by atoms with Crippen molar-refractivity contribution in [3.63, 3.8) is 0 Å². The molecule has 1 N–H and O–H groups in total. The Morgan fingerprint density at radius 2 is 1.77 bits per heavy atom. The molecule has 0 saturated carbocycles. The van der Waals surface area contributed by atoms with E-state index in [1.807, 2.05) is 13.0 Å². The van der Waals surface area contributed by atoms with Crippen LogP contribution in [0.3, 0.4) is 0 Å². The monoisotopic (exact) mass is 429 g/mol. The molecule has 0 radical (unpaired) electrons. The molecule has 1 aromatic heterocycles. The Balaban J connectivity index is 1.96. The van der Waals surface area contributed by atoms with Gasteiger partial charge in [0, 0.05) is 26.1 Å². The summed E-state index contributed by atoms with van der Waals surface area (Å²) >= 11 is 4.49. The van der Waals surface area contributed by atoms with E-state index in [-0.39, 0.29) is 5.91 Å². The van der Waals surface area contributed by atoms with E-state index in [4.69, 9.17) is 0 Å². The highest BCUT2D eigenvalue weighted by Gasteiger charge is 2.18. The molecule has 0 saturated heterocycles. The number of aryl methyl sites for hydroxylation is 1. The highest BCUT2D eigenvalue weighted by Crippen LogP contribution is 2.29. The van der Waals surface area contributed by atoms with Crippen LogP contribution >= 0.6 is 12.6 Å². The number of hydrogen-bond donors (Lipinski definition) is 2. The number of thiol groups is 1. The van der Waals surface area contributed by atoms with Crippen molar-refractivity contribution in [1.29, 1.82) is 0 Å².